The van der Waals surface area contributed by atoms with E-state index < -0.39 is 0 Å². The van der Waals surface area contributed by atoms with Gasteiger partial charge in [-0.25, -0.2) is 9.99 Å². The second-order valence-corrected chi connectivity index (χ2v) is 6.25. The van der Waals surface area contributed by atoms with Crippen molar-refractivity contribution in [1.82, 2.24) is 15.4 Å². The van der Waals surface area contributed by atoms with Gasteiger partial charge in [-0.15, -0.1) is 0 Å². The minimum absolute atomic E-state index is 0.139. The van der Waals surface area contributed by atoms with Crippen LogP contribution in [0.25, 0.3) is 0 Å². The van der Waals surface area contributed by atoms with E-state index in [1.807, 2.05) is 41.4 Å². The van der Waals surface area contributed by atoms with E-state index in [2.05, 4.69) is 10.4 Å². The molecule has 1 amide bonds. The number of nitrogens with one attached hydrogen (secondary N) is 1. The van der Waals surface area contributed by atoms with Crippen molar-refractivity contribution in [3.05, 3.63) is 64.4 Å². The van der Waals surface area contributed by atoms with Crippen LogP contribution in [-0.4, -0.2) is 29.0 Å². The lowest BCUT2D eigenvalue weighted by Crippen LogP contribution is -2.45. The summed E-state index contributed by atoms with van der Waals surface area (Å²) in [7, 11) is 0. The van der Waals surface area contributed by atoms with Gasteiger partial charge in [0.05, 0.1) is 0 Å². The van der Waals surface area contributed by atoms with Crippen LogP contribution in [0.1, 0.15) is 41.0 Å². The van der Waals surface area contributed by atoms with Gasteiger partial charge in [0.25, 0.3) is 5.91 Å². The van der Waals surface area contributed by atoms with Crippen molar-refractivity contribution in [2.45, 2.75) is 25.7 Å². The summed E-state index contributed by atoms with van der Waals surface area (Å²) in [5.74, 6) is -0.139. The third-order valence-electron chi connectivity index (χ3n) is 3.93. The number of halogens is 1. The predicted molar refractivity (Wildman–Crippen MR) is 91.4 cm³/mol. The number of nitrogens with zero attached hydrogens (tertiary/aromatic N) is 2. The lowest BCUT2D eigenvalue weighted by atomic mass is 10.1. The SMILES string of the molecule is O=C(NN1CCCCC1)c1cccc(Cc2cccc(Cl)c2)n1. The van der Waals surface area contributed by atoms with Crippen LogP contribution in [0.2, 0.25) is 5.02 Å². The molecule has 1 aromatic heterocycles. The normalized spacial score (nSPS) is 15.3. The molecule has 23 heavy (non-hydrogen) atoms. The van der Waals surface area contributed by atoms with Crippen LogP contribution in [0.15, 0.2) is 42.5 Å². The van der Waals surface area contributed by atoms with E-state index in [9.17, 15) is 4.79 Å². The first-order valence-electron chi connectivity index (χ1n) is 7.97. The van der Waals surface area contributed by atoms with Gasteiger partial charge >= 0.3 is 0 Å². The van der Waals surface area contributed by atoms with Crippen LogP contribution >= 0.6 is 11.6 Å². The Morgan fingerprint density at radius 1 is 1.13 bits per heavy atom. The lowest BCUT2D eigenvalue weighted by Gasteiger charge is -2.26. The number of benzene rings is 1. The lowest BCUT2D eigenvalue weighted by molar-refractivity contribution is 0.0744. The van der Waals surface area contributed by atoms with Gasteiger partial charge in [0.1, 0.15) is 5.69 Å². The van der Waals surface area contributed by atoms with Crippen molar-refractivity contribution >= 4 is 17.5 Å². The van der Waals surface area contributed by atoms with Gasteiger partial charge in [-0.05, 0) is 42.7 Å². The van der Waals surface area contributed by atoms with Crippen LogP contribution in [0.3, 0.4) is 0 Å². The number of carbonyl (C=O) groups is 1. The fraction of sp³-hybridized carbons (Fsp3) is 0.333. The summed E-state index contributed by atoms with van der Waals surface area (Å²) in [5, 5.41) is 2.69. The molecule has 0 atom stereocenters. The van der Waals surface area contributed by atoms with E-state index >= 15 is 0 Å². The molecule has 1 saturated heterocycles. The molecule has 0 saturated carbocycles. The topological polar surface area (TPSA) is 45.2 Å². The molecule has 1 fully saturated rings. The predicted octanol–water partition coefficient (Wildman–Crippen LogP) is 3.46. The number of piperidine rings is 1. The van der Waals surface area contributed by atoms with Crippen LogP contribution in [0.5, 0.6) is 0 Å². The van der Waals surface area contributed by atoms with Crippen LogP contribution in [0.4, 0.5) is 0 Å². The number of hydrogen-bond acceptors (Lipinski definition) is 3. The molecular formula is C18H20ClN3O. The molecule has 1 N–H and O–H groups in total. The zero-order valence-corrected chi connectivity index (χ0v) is 13.7. The minimum Gasteiger partial charge on any atom is -0.283 e. The van der Waals surface area contributed by atoms with Gasteiger partial charge < -0.3 is 0 Å². The molecule has 0 spiro atoms. The summed E-state index contributed by atoms with van der Waals surface area (Å²) in [6.07, 6.45) is 4.15. The van der Waals surface area contributed by atoms with E-state index in [1.54, 1.807) is 6.07 Å². The average Bonchev–Trinajstić information content (AvgIpc) is 2.56. The summed E-state index contributed by atoms with van der Waals surface area (Å²) in [4.78, 5) is 16.8. The number of pyridine rings is 1. The van der Waals surface area contributed by atoms with Crippen molar-refractivity contribution in [1.29, 1.82) is 0 Å². The fourth-order valence-electron chi connectivity index (χ4n) is 2.77. The second kappa shape index (κ2) is 7.57. The molecule has 2 aromatic rings. The molecule has 1 aliphatic rings. The Bertz CT molecular complexity index is 683. The first-order chi connectivity index (χ1) is 11.2. The van der Waals surface area contributed by atoms with Crippen molar-refractivity contribution < 1.29 is 4.79 Å². The molecule has 5 heteroatoms. The molecule has 120 valence electrons. The van der Waals surface area contributed by atoms with Gasteiger partial charge in [-0.3, -0.25) is 10.2 Å². The monoisotopic (exact) mass is 329 g/mol. The van der Waals surface area contributed by atoms with Gasteiger partial charge in [0.15, 0.2) is 0 Å². The third kappa shape index (κ3) is 4.53. The number of rotatable bonds is 4. The van der Waals surface area contributed by atoms with Gasteiger partial charge in [0.2, 0.25) is 0 Å². The van der Waals surface area contributed by atoms with E-state index in [4.69, 9.17) is 11.6 Å². The van der Waals surface area contributed by atoms with Crippen molar-refractivity contribution in [2.75, 3.05) is 13.1 Å². The maximum atomic E-state index is 12.3. The van der Waals surface area contributed by atoms with Gasteiger partial charge in [-0.1, -0.05) is 36.2 Å². The Hall–Kier alpha value is -1.91. The van der Waals surface area contributed by atoms with Gasteiger partial charge in [0, 0.05) is 30.2 Å². The smallest absolute Gasteiger partial charge is 0.283 e. The Labute approximate surface area is 141 Å². The summed E-state index contributed by atoms with van der Waals surface area (Å²) in [5.41, 5.74) is 5.34. The minimum atomic E-state index is -0.139. The number of carbonyl (C=O) groups excluding carboxylic acids is 1. The Morgan fingerprint density at radius 2 is 1.91 bits per heavy atom. The molecule has 0 aliphatic carbocycles. The molecule has 3 rings (SSSR count). The zero-order valence-electron chi connectivity index (χ0n) is 13.0. The van der Waals surface area contributed by atoms with E-state index in [-0.39, 0.29) is 5.91 Å². The van der Waals surface area contributed by atoms with Crippen LogP contribution < -0.4 is 5.43 Å². The maximum Gasteiger partial charge on any atom is 0.284 e. The largest absolute Gasteiger partial charge is 0.284 e. The zero-order chi connectivity index (χ0) is 16.1. The average molecular weight is 330 g/mol. The first kappa shape index (κ1) is 16.0. The third-order valence-corrected chi connectivity index (χ3v) is 4.16. The number of amides is 1. The number of hydrogen-bond donors (Lipinski definition) is 1. The highest BCUT2D eigenvalue weighted by molar-refractivity contribution is 6.30. The molecule has 2 heterocycles. The molecule has 0 bridgehead atoms. The fourth-order valence-corrected chi connectivity index (χ4v) is 2.98. The molecule has 0 unspecified atom stereocenters. The highest BCUT2D eigenvalue weighted by atomic mass is 35.5. The van der Waals surface area contributed by atoms with E-state index in [0.29, 0.717) is 17.1 Å². The molecule has 1 aromatic carbocycles. The Balaban J connectivity index is 1.67. The van der Waals surface area contributed by atoms with Crippen LogP contribution in [0, 0.1) is 0 Å². The summed E-state index contributed by atoms with van der Waals surface area (Å²) < 4.78 is 0. The highest BCUT2D eigenvalue weighted by Gasteiger charge is 2.15. The van der Waals surface area contributed by atoms with Crippen molar-refractivity contribution in [2.24, 2.45) is 0 Å². The quantitative estimate of drug-likeness (QED) is 0.934. The summed E-state index contributed by atoms with van der Waals surface area (Å²) in [6, 6.07) is 13.3. The highest BCUT2D eigenvalue weighted by Crippen LogP contribution is 2.14. The Morgan fingerprint density at radius 3 is 2.70 bits per heavy atom. The van der Waals surface area contributed by atoms with E-state index in [0.717, 1.165) is 37.2 Å². The number of aromatic nitrogens is 1. The van der Waals surface area contributed by atoms with Gasteiger partial charge in [-0.2, -0.15) is 0 Å². The van der Waals surface area contributed by atoms with Crippen molar-refractivity contribution in [3.63, 3.8) is 0 Å². The molecule has 4 nitrogen and oxygen atoms in total. The summed E-state index contributed by atoms with van der Waals surface area (Å²) in [6.45, 7) is 1.82. The van der Waals surface area contributed by atoms with E-state index in [1.165, 1.54) is 6.42 Å². The standard InChI is InChI=1S/C18H20ClN3O/c19-15-7-4-6-14(12-15)13-16-8-5-9-17(20-16)18(23)21-22-10-2-1-3-11-22/h4-9,12H,1-3,10-11,13H2,(H,21,23). The first-order valence-corrected chi connectivity index (χ1v) is 8.35. The number of hydrazine groups is 1. The molecule has 0 radical (unpaired) electrons. The maximum absolute atomic E-state index is 12.3. The van der Waals surface area contributed by atoms with Crippen molar-refractivity contribution in [3.8, 4) is 0 Å². The Kier molecular flexibility index (Phi) is 5.26. The molecular weight excluding hydrogens is 310 g/mol. The summed E-state index contributed by atoms with van der Waals surface area (Å²) >= 11 is 6.01. The second-order valence-electron chi connectivity index (χ2n) is 5.81. The van der Waals surface area contributed by atoms with Crippen LogP contribution in [-0.2, 0) is 6.42 Å². The molecule has 1 aliphatic heterocycles.